The van der Waals surface area contributed by atoms with E-state index in [0.29, 0.717) is 28.6 Å². The van der Waals surface area contributed by atoms with Crippen molar-refractivity contribution in [2.75, 3.05) is 6.61 Å². The number of furan rings is 1. The Kier molecular flexibility index (Phi) is 6.44. The zero-order chi connectivity index (χ0) is 22.2. The van der Waals surface area contributed by atoms with E-state index in [1.54, 1.807) is 36.4 Å². The number of hydrogen-bond acceptors (Lipinski definition) is 6. The van der Waals surface area contributed by atoms with Gasteiger partial charge in [0.05, 0.1) is 17.8 Å². The molecule has 0 saturated heterocycles. The maximum atomic E-state index is 12.0. The van der Waals surface area contributed by atoms with Crippen LogP contribution >= 0.6 is 0 Å². The first kappa shape index (κ1) is 20.7. The second-order valence-corrected chi connectivity index (χ2v) is 6.82. The van der Waals surface area contributed by atoms with Gasteiger partial charge in [-0.2, -0.15) is 10.4 Å². The van der Waals surface area contributed by atoms with Crippen LogP contribution in [0.4, 0.5) is 0 Å². The van der Waals surface area contributed by atoms with Gasteiger partial charge in [0.2, 0.25) is 0 Å². The molecule has 1 N–H and O–H groups in total. The molecule has 0 fully saturated rings. The first-order valence-electron chi connectivity index (χ1n) is 9.85. The molecular weight excluding hydrogens is 406 g/mol. The van der Waals surface area contributed by atoms with Crippen molar-refractivity contribution in [2.45, 2.75) is 6.61 Å². The average molecular weight is 425 g/mol. The smallest absolute Gasteiger partial charge is 0.277 e. The molecule has 0 bridgehead atoms. The third-order valence-electron chi connectivity index (χ3n) is 4.52. The van der Waals surface area contributed by atoms with Crippen molar-refractivity contribution >= 4 is 22.9 Å². The Labute approximate surface area is 184 Å². The Balaban J connectivity index is 1.22. The molecule has 0 aliphatic heterocycles. The van der Waals surface area contributed by atoms with Gasteiger partial charge in [0, 0.05) is 0 Å². The van der Waals surface area contributed by atoms with Crippen LogP contribution in [0.5, 0.6) is 11.5 Å². The Morgan fingerprint density at radius 1 is 0.969 bits per heavy atom. The van der Waals surface area contributed by atoms with Crippen LogP contribution in [0.15, 0.2) is 88.4 Å². The predicted octanol–water partition coefficient (Wildman–Crippen LogP) is 4.41. The number of nitriles is 1. The van der Waals surface area contributed by atoms with E-state index >= 15 is 0 Å². The van der Waals surface area contributed by atoms with Crippen LogP contribution in [0.25, 0.3) is 10.8 Å². The fourth-order valence-electron chi connectivity index (χ4n) is 2.93. The van der Waals surface area contributed by atoms with E-state index in [0.717, 1.165) is 10.8 Å². The molecule has 0 atom stereocenters. The van der Waals surface area contributed by atoms with Gasteiger partial charge in [-0.3, -0.25) is 4.79 Å². The highest BCUT2D eigenvalue weighted by molar-refractivity contribution is 5.84. The van der Waals surface area contributed by atoms with Crippen LogP contribution in [-0.4, -0.2) is 18.7 Å². The molecule has 1 heterocycles. The fraction of sp³-hybridized carbons (Fsp3) is 0.0800. The molecular formula is C25H19N3O4. The molecule has 4 rings (SSSR count). The lowest BCUT2D eigenvalue weighted by Crippen LogP contribution is -2.24. The maximum Gasteiger partial charge on any atom is 0.277 e. The number of nitrogens with zero attached hydrogens (tertiary/aromatic N) is 2. The predicted molar refractivity (Wildman–Crippen MR) is 119 cm³/mol. The van der Waals surface area contributed by atoms with Crippen molar-refractivity contribution in [2.24, 2.45) is 5.10 Å². The van der Waals surface area contributed by atoms with E-state index in [1.807, 2.05) is 42.5 Å². The van der Waals surface area contributed by atoms with Gasteiger partial charge in [-0.05, 0) is 59.3 Å². The molecule has 1 aromatic heterocycles. The summed E-state index contributed by atoms with van der Waals surface area (Å²) in [4.78, 5) is 12.0. The Morgan fingerprint density at radius 3 is 2.56 bits per heavy atom. The third-order valence-corrected chi connectivity index (χ3v) is 4.52. The topological polar surface area (TPSA) is 96.8 Å². The molecule has 3 aromatic carbocycles. The number of amides is 1. The molecule has 0 radical (unpaired) electrons. The molecule has 32 heavy (non-hydrogen) atoms. The summed E-state index contributed by atoms with van der Waals surface area (Å²) in [6, 6.07) is 25.9. The number of ether oxygens (including phenoxy) is 2. The average Bonchev–Trinajstić information content (AvgIpc) is 3.29. The van der Waals surface area contributed by atoms with Gasteiger partial charge in [-0.15, -0.1) is 0 Å². The monoisotopic (exact) mass is 425 g/mol. The zero-order valence-corrected chi connectivity index (χ0v) is 17.0. The van der Waals surface area contributed by atoms with Crippen LogP contribution in [0.2, 0.25) is 0 Å². The van der Waals surface area contributed by atoms with Crippen LogP contribution in [0.3, 0.4) is 0 Å². The number of benzene rings is 3. The van der Waals surface area contributed by atoms with Crippen LogP contribution in [0.1, 0.15) is 17.1 Å². The Bertz CT molecular complexity index is 1290. The maximum absolute atomic E-state index is 12.0. The minimum absolute atomic E-state index is 0.155. The minimum atomic E-state index is -0.384. The standard InChI is InChI=1S/C25H19N3O4/c26-14-18-5-8-21(9-6-18)30-16-24-12-11-23(32-24)15-27-28-25(29)17-31-22-10-7-19-3-1-2-4-20(19)13-22/h1-13,15H,16-17H2,(H,28,29)/b27-15-. The fourth-order valence-corrected chi connectivity index (χ4v) is 2.93. The summed E-state index contributed by atoms with van der Waals surface area (Å²) in [6.07, 6.45) is 1.40. The largest absolute Gasteiger partial charge is 0.486 e. The summed E-state index contributed by atoms with van der Waals surface area (Å²) < 4.78 is 16.7. The molecule has 0 unspecified atom stereocenters. The van der Waals surface area contributed by atoms with Crippen molar-refractivity contribution < 1.29 is 18.7 Å². The van der Waals surface area contributed by atoms with E-state index in [4.69, 9.17) is 19.2 Å². The van der Waals surface area contributed by atoms with Gasteiger partial charge in [0.25, 0.3) is 5.91 Å². The summed E-state index contributed by atoms with van der Waals surface area (Å²) in [6.45, 7) is 0.0726. The zero-order valence-electron chi connectivity index (χ0n) is 17.0. The quantitative estimate of drug-likeness (QED) is 0.333. The second-order valence-electron chi connectivity index (χ2n) is 6.82. The summed E-state index contributed by atoms with van der Waals surface area (Å²) in [5.74, 6) is 1.93. The first-order valence-corrected chi connectivity index (χ1v) is 9.85. The summed E-state index contributed by atoms with van der Waals surface area (Å²) in [5.41, 5.74) is 2.97. The lowest BCUT2D eigenvalue weighted by atomic mass is 10.1. The number of hydrazone groups is 1. The van der Waals surface area contributed by atoms with Crippen molar-refractivity contribution in [1.29, 1.82) is 5.26 Å². The lowest BCUT2D eigenvalue weighted by Gasteiger charge is -2.06. The van der Waals surface area contributed by atoms with Crippen LogP contribution in [-0.2, 0) is 11.4 Å². The van der Waals surface area contributed by atoms with E-state index in [-0.39, 0.29) is 19.1 Å². The van der Waals surface area contributed by atoms with E-state index in [1.165, 1.54) is 6.21 Å². The van der Waals surface area contributed by atoms with Crippen molar-refractivity contribution in [3.8, 4) is 17.6 Å². The highest BCUT2D eigenvalue weighted by Gasteiger charge is 2.04. The molecule has 7 heteroatoms. The highest BCUT2D eigenvalue weighted by Crippen LogP contribution is 2.20. The second kappa shape index (κ2) is 9.96. The molecule has 0 aliphatic rings. The number of carbonyl (C=O) groups is 1. The molecule has 7 nitrogen and oxygen atoms in total. The van der Waals surface area contributed by atoms with E-state index < -0.39 is 0 Å². The van der Waals surface area contributed by atoms with Gasteiger partial charge in [0.1, 0.15) is 29.6 Å². The van der Waals surface area contributed by atoms with E-state index in [9.17, 15) is 4.79 Å². The summed E-state index contributed by atoms with van der Waals surface area (Å²) in [7, 11) is 0. The summed E-state index contributed by atoms with van der Waals surface area (Å²) in [5, 5.41) is 14.8. The van der Waals surface area contributed by atoms with E-state index in [2.05, 4.69) is 16.6 Å². The molecule has 0 aliphatic carbocycles. The number of rotatable bonds is 8. The molecule has 0 spiro atoms. The summed E-state index contributed by atoms with van der Waals surface area (Å²) >= 11 is 0. The molecule has 1 amide bonds. The first-order chi connectivity index (χ1) is 15.7. The normalized spacial score (nSPS) is 10.7. The Morgan fingerprint density at radius 2 is 1.75 bits per heavy atom. The highest BCUT2D eigenvalue weighted by atomic mass is 16.5. The third kappa shape index (κ3) is 5.52. The van der Waals surface area contributed by atoms with Gasteiger partial charge in [-0.1, -0.05) is 30.3 Å². The van der Waals surface area contributed by atoms with Gasteiger partial charge < -0.3 is 13.9 Å². The lowest BCUT2D eigenvalue weighted by molar-refractivity contribution is -0.123. The number of carbonyl (C=O) groups excluding carboxylic acids is 1. The number of nitrogens with one attached hydrogen (secondary N) is 1. The van der Waals surface area contributed by atoms with Crippen LogP contribution in [0, 0.1) is 11.3 Å². The van der Waals surface area contributed by atoms with Crippen LogP contribution < -0.4 is 14.9 Å². The Hall–Kier alpha value is -4.57. The number of hydrogen-bond donors (Lipinski definition) is 1. The molecule has 158 valence electrons. The van der Waals surface area contributed by atoms with Crippen molar-refractivity contribution in [3.63, 3.8) is 0 Å². The van der Waals surface area contributed by atoms with Gasteiger partial charge in [-0.25, -0.2) is 5.43 Å². The van der Waals surface area contributed by atoms with Crippen molar-refractivity contribution in [1.82, 2.24) is 5.43 Å². The van der Waals surface area contributed by atoms with Gasteiger partial charge in [0.15, 0.2) is 6.61 Å². The van der Waals surface area contributed by atoms with Gasteiger partial charge >= 0.3 is 0 Å². The number of fused-ring (bicyclic) bond motifs is 1. The van der Waals surface area contributed by atoms with Crippen molar-refractivity contribution in [3.05, 3.63) is 95.9 Å². The SMILES string of the molecule is N#Cc1ccc(OCc2ccc(/C=N\NC(=O)COc3ccc4ccccc4c3)o2)cc1. The molecule has 4 aromatic rings. The molecule has 0 saturated carbocycles. The minimum Gasteiger partial charge on any atom is -0.486 e.